The minimum absolute atomic E-state index is 0.0215. The topological polar surface area (TPSA) is 88.5 Å². The molecule has 3 rings (SSSR count). The molecule has 2 aromatic heterocycles. The molecule has 2 heterocycles. The van der Waals surface area contributed by atoms with Crippen LogP contribution in [0, 0.1) is 5.41 Å². The number of pyridine rings is 1. The second kappa shape index (κ2) is 5.26. The molecule has 0 aliphatic carbocycles. The van der Waals surface area contributed by atoms with E-state index in [1.54, 1.807) is 18.5 Å². The quantitative estimate of drug-likeness (QED) is 0.437. The number of nitrogen functional groups attached to an aromatic ring is 1. The Kier molecular flexibility index (Phi) is 3.30. The molecule has 0 fully saturated rings. The number of aromatic nitrogens is 3. The first-order chi connectivity index (χ1) is 9.75. The molecule has 0 saturated carbocycles. The summed E-state index contributed by atoms with van der Waals surface area (Å²) < 4.78 is 0. The fourth-order valence-electron chi connectivity index (χ4n) is 1.85. The van der Waals surface area contributed by atoms with Crippen LogP contribution in [0.5, 0.6) is 0 Å². The summed E-state index contributed by atoms with van der Waals surface area (Å²) in [6.07, 6.45) is 4.85. The zero-order valence-corrected chi connectivity index (χ0v) is 11.3. The van der Waals surface area contributed by atoms with Gasteiger partial charge < -0.3 is 5.73 Å². The molecule has 0 saturated heterocycles. The highest BCUT2D eigenvalue weighted by molar-refractivity contribution is 7.99. The van der Waals surface area contributed by atoms with Crippen molar-refractivity contribution in [2.75, 3.05) is 0 Å². The standard InChI is InChI=1S/C14H11N5S/c15-13(16)10-5-6-17-7-12(10)20-14-9-3-1-2-4-11(9)18-8-19-14/h1-8H,(H3,15,16). The van der Waals surface area contributed by atoms with E-state index in [0.29, 0.717) is 5.56 Å². The van der Waals surface area contributed by atoms with Gasteiger partial charge in [-0.15, -0.1) is 0 Å². The number of rotatable bonds is 3. The molecule has 0 spiro atoms. The van der Waals surface area contributed by atoms with E-state index in [0.717, 1.165) is 20.8 Å². The molecule has 0 aliphatic rings. The first kappa shape index (κ1) is 12.6. The predicted molar refractivity (Wildman–Crippen MR) is 78.9 cm³/mol. The van der Waals surface area contributed by atoms with Crippen LogP contribution in [-0.4, -0.2) is 20.8 Å². The lowest BCUT2D eigenvalue weighted by Gasteiger charge is -2.08. The molecule has 0 amide bonds. The van der Waals surface area contributed by atoms with Gasteiger partial charge in [-0.05, 0) is 12.1 Å². The molecule has 1 aromatic carbocycles. The maximum Gasteiger partial charge on any atom is 0.124 e. The second-order valence-corrected chi connectivity index (χ2v) is 5.11. The lowest BCUT2D eigenvalue weighted by atomic mass is 10.2. The monoisotopic (exact) mass is 281 g/mol. The summed E-state index contributed by atoms with van der Waals surface area (Å²) in [6.45, 7) is 0. The zero-order valence-electron chi connectivity index (χ0n) is 10.4. The van der Waals surface area contributed by atoms with Crippen LogP contribution >= 0.6 is 11.8 Å². The van der Waals surface area contributed by atoms with Crippen molar-refractivity contribution in [2.24, 2.45) is 5.73 Å². The van der Waals surface area contributed by atoms with Crippen LogP contribution in [0.25, 0.3) is 10.9 Å². The molecule has 3 aromatic rings. The summed E-state index contributed by atoms with van der Waals surface area (Å²) in [7, 11) is 0. The Hall–Kier alpha value is -2.47. The van der Waals surface area contributed by atoms with E-state index in [9.17, 15) is 0 Å². The summed E-state index contributed by atoms with van der Waals surface area (Å²) >= 11 is 1.44. The predicted octanol–water partition coefficient (Wildman–Crippen LogP) is 2.46. The number of hydrogen-bond donors (Lipinski definition) is 2. The molecular formula is C14H11N5S. The van der Waals surface area contributed by atoms with Crippen LogP contribution in [0.1, 0.15) is 5.56 Å². The third kappa shape index (κ3) is 2.33. The fraction of sp³-hybridized carbons (Fsp3) is 0. The molecule has 0 atom stereocenters. The van der Waals surface area contributed by atoms with Crippen molar-refractivity contribution < 1.29 is 0 Å². The molecule has 0 radical (unpaired) electrons. The molecule has 5 nitrogen and oxygen atoms in total. The number of nitrogens with one attached hydrogen (secondary N) is 1. The highest BCUT2D eigenvalue weighted by atomic mass is 32.2. The lowest BCUT2D eigenvalue weighted by molar-refractivity contribution is 1.10. The highest BCUT2D eigenvalue weighted by Crippen LogP contribution is 2.32. The summed E-state index contributed by atoms with van der Waals surface area (Å²) in [6, 6.07) is 9.53. The summed E-state index contributed by atoms with van der Waals surface area (Å²) in [5.41, 5.74) is 7.14. The van der Waals surface area contributed by atoms with E-state index in [1.807, 2.05) is 24.3 Å². The number of nitrogens with zero attached hydrogens (tertiary/aromatic N) is 3. The maximum atomic E-state index is 7.61. The van der Waals surface area contributed by atoms with Gasteiger partial charge in [0, 0.05) is 28.2 Å². The van der Waals surface area contributed by atoms with Gasteiger partial charge >= 0.3 is 0 Å². The van der Waals surface area contributed by atoms with Crippen LogP contribution in [0.2, 0.25) is 0 Å². The minimum Gasteiger partial charge on any atom is -0.384 e. The minimum atomic E-state index is 0.0215. The van der Waals surface area contributed by atoms with Crippen LogP contribution in [0.15, 0.2) is 59.0 Å². The SMILES string of the molecule is N=C(N)c1ccncc1Sc1ncnc2ccccc12. The van der Waals surface area contributed by atoms with Crippen molar-refractivity contribution in [3.8, 4) is 0 Å². The maximum absolute atomic E-state index is 7.61. The average Bonchev–Trinajstić information content (AvgIpc) is 2.48. The molecule has 3 N–H and O–H groups in total. The van der Waals surface area contributed by atoms with E-state index in [-0.39, 0.29) is 5.84 Å². The summed E-state index contributed by atoms with van der Waals surface area (Å²) in [4.78, 5) is 13.4. The van der Waals surface area contributed by atoms with E-state index in [2.05, 4.69) is 15.0 Å². The van der Waals surface area contributed by atoms with Gasteiger partial charge in [-0.1, -0.05) is 30.0 Å². The summed E-state index contributed by atoms with van der Waals surface area (Å²) in [5.74, 6) is 0.0215. The van der Waals surface area contributed by atoms with Crippen molar-refractivity contribution in [2.45, 2.75) is 9.92 Å². The van der Waals surface area contributed by atoms with Crippen molar-refractivity contribution >= 4 is 28.5 Å². The molecule has 6 heteroatoms. The van der Waals surface area contributed by atoms with E-state index >= 15 is 0 Å². The Morgan fingerprint density at radius 1 is 1.15 bits per heavy atom. The smallest absolute Gasteiger partial charge is 0.124 e. The van der Waals surface area contributed by atoms with Crippen LogP contribution < -0.4 is 5.73 Å². The largest absolute Gasteiger partial charge is 0.384 e. The van der Waals surface area contributed by atoms with Crippen molar-refractivity contribution in [1.82, 2.24) is 15.0 Å². The van der Waals surface area contributed by atoms with Gasteiger partial charge in [0.1, 0.15) is 17.2 Å². The van der Waals surface area contributed by atoms with Gasteiger partial charge in [0.05, 0.1) is 5.52 Å². The Morgan fingerprint density at radius 2 is 2.00 bits per heavy atom. The van der Waals surface area contributed by atoms with Crippen LogP contribution in [-0.2, 0) is 0 Å². The molecule has 98 valence electrons. The number of fused-ring (bicyclic) bond motifs is 1. The van der Waals surface area contributed by atoms with Crippen molar-refractivity contribution in [3.05, 3.63) is 54.6 Å². The van der Waals surface area contributed by atoms with Gasteiger partial charge in [-0.2, -0.15) is 0 Å². The van der Waals surface area contributed by atoms with E-state index in [1.165, 1.54) is 18.1 Å². The molecule has 20 heavy (non-hydrogen) atoms. The van der Waals surface area contributed by atoms with E-state index < -0.39 is 0 Å². The Labute approximate surface area is 119 Å². The highest BCUT2D eigenvalue weighted by Gasteiger charge is 2.10. The lowest BCUT2D eigenvalue weighted by Crippen LogP contribution is -2.12. The normalized spacial score (nSPS) is 10.6. The Balaban J connectivity index is 2.08. The first-order valence-electron chi connectivity index (χ1n) is 5.91. The Morgan fingerprint density at radius 3 is 2.85 bits per heavy atom. The molecule has 0 unspecified atom stereocenters. The second-order valence-electron chi connectivity index (χ2n) is 4.08. The fourth-order valence-corrected chi connectivity index (χ4v) is 2.84. The zero-order chi connectivity index (χ0) is 13.9. The molecule has 0 bridgehead atoms. The third-order valence-electron chi connectivity index (χ3n) is 2.79. The van der Waals surface area contributed by atoms with Gasteiger partial charge in [0.2, 0.25) is 0 Å². The van der Waals surface area contributed by atoms with Crippen LogP contribution in [0.4, 0.5) is 0 Å². The third-order valence-corrected chi connectivity index (χ3v) is 3.85. The number of hydrogen-bond acceptors (Lipinski definition) is 5. The molecule has 0 aliphatic heterocycles. The number of benzene rings is 1. The number of para-hydroxylation sites is 1. The summed E-state index contributed by atoms with van der Waals surface area (Å²) in [5, 5.41) is 9.40. The van der Waals surface area contributed by atoms with Crippen molar-refractivity contribution in [3.63, 3.8) is 0 Å². The average molecular weight is 281 g/mol. The van der Waals surface area contributed by atoms with E-state index in [4.69, 9.17) is 11.1 Å². The van der Waals surface area contributed by atoms with Gasteiger partial charge in [0.25, 0.3) is 0 Å². The van der Waals surface area contributed by atoms with Gasteiger partial charge in [-0.3, -0.25) is 10.4 Å². The Bertz CT molecular complexity index is 782. The first-order valence-corrected chi connectivity index (χ1v) is 6.73. The number of amidine groups is 1. The van der Waals surface area contributed by atoms with Crippen molar-refractivity contribution in [1.29, 1.82) is 5.41 Å². The number of nitrogens with two attached hydrogens (primary N) is 1. The van der Waals surface area contributed by atoms with Gasteiger partial charge in [0.15, 0.2) is 0 Å². The van der Waals surface area contributed by atoms with Crippen LogP contribution in [0.3, 0.4) is 0 Å². The molecular weight excluding hydrogens is 270 g/mol. The van der Waals surface area contributed by atoms with Gasteiger partial charge in [-0.25, -0.2) is 9.97 Å².